The van der Waals surface area contributed by atoms with Gasteiger partial charge in [0, 0.05) is 68.3 Å². The Labute approximate surface area is 239 Å². The van der Waals surface area contributed by atoms with Gasteiger partial charge in [-0.2, -0.15) is 0 Å². The largest absolute Gasteiger partial charge is 0.340 e. The molecule has 2 N–H and O–H groups in total. The number of aryl methyl sites for hydroxylation is 1. The van der Waals surface area contributed by atoms with Gasteiger partial charge in [0.2, 0.25) is 0 Å². The molecular weight excluding hydrogens is 496 g/mol. The summed E-state index contributed by atoms with van der Waals surface area (Å²) in [4.78, 5) is 26.2. The van der Waals surface area contributed by atoms with Crippen LogP contribution in [0.1, 0.15) is 47.8 Å². The summed E-state index contributed by atoms with van der Waals surface area (Å²) in [6, 6.07) is 17.5. The van der Waals surface area contributed by atoms with E-state index in [9.17, 15) is 4.79 Å². The van der Waals surface area contributed by atoms with Gasteiger partial charge in [-0.05, 0) is 79.6 Å². The van der Waals surface area contributed by atoms with Gasteiger partial charge in [-0.1, -0.05) is 44.7 Å². The highest BCUT2D eigenvalue weighted by Gasteiger charge is 2.14. The molecule has 4 rings (SSSR count). The molecule has 0 unspecified atom stereocenters. The number of nitrogens with one attached hydrogen (secondary N) is 2. The van der Waals surface area contributed by atoms with Gasteiger partial charge in [0.1, 0.15) is 5.82 Å². The van der Waals surface area contributed by atoms with E-state index in [1.54, 1.807) is 12.4 Å². The van der Waals surface area contributed by atoms with E-state index < -0.39 is 0 Å². The van der Waals surface area contributed by atoms with Gasteiger partial charge in [-0.15, -0.1) is 0 Å². The van der Waals surface area contributed by atoms with Crippen LogP contribution in [-0.2, 0) is 6.54 Å². The minimum Gasteiger partial charge on any atom is -0.340 e. The number of aromatic nitrogens is 1. The predicted octanol–water partition coefficient (Wildman–Crippen LogP) is 6.47. The van der Waals surface area contributed by atoms with Crippen LogP contribution in [0.15, 0.2) is 90.5 Å². The van der Waals surface area contributed by atoms with Gasteiger partial charge >= 0.3 is 0 Å². The maximum atomic E-state index is 12.9. The van der Waals surface area contributed by atoms with E-state index in [0.29, 0.717) is 17.1 Å². The highest BCUT2D eigenvalue weighted by molar-refractivity contribution is 6.04. The summed E-state index contributed by atoms with van der Waals surface area (Å²) >= 11 is 0. The lowest BCUT2D eigenvalue weighted by Gasteiger charge is -2.32. The fourth-order valence-electron chi connectivity index (χ4n) is 4.18. The first kappa shape index (κ1) is 30.5. The molecule has 0 bridgehead atoms. The van der Waals surface area contributed by atoms with Crippen molar-refractivity contribution < 1.29 is 4.79 Å². The molecule has 2 heterocycles. The quantitative estimate of drug-likeness (QED) is 0.305. The number of allylic oxidation sites excluding steroid dienone is 2. The molecule has 0 aliphatic carbocycles. The number of amides is 1. The number of nitrogens with zero attached hydrogens (tertiary/aromatic N) is 4. The number of carbonyl (C=O) groups excluding carboxylic acids is 1. The number of carbonyl (C=O) groups is 1. The van der Waals surface area contributed by atoms with Crippen molar-refractivity contribution in [1.82, 2.24) is 14.8 Å². The van der Waals surface area contributed by atoms with Crippen LogP contribution >= 0.6 is 0 Å². The molecule has 210 valence electrons. The minimum absolute atomic E-state index is 0.140. The van der Waals surface area contributed by atoms with Crippen molar-refractivity contribution in [1.29, 1.82) is 0 Å². The van der Waals surface area contributed by atoms with Crippen LogP contribution in [0.5, 0.6) is 0 Å². The minimum atomic E-state index is -0.140. The molecule has 7 nitrogen and oxygen atoms in total. The molecule has 1 aliphatic rings. The Morgan fingerprint density at radius 1 is 1.02 bits per heavy atom. The zero-order valence-corrected chi connectivity index (χ0v) is 24.4. The van der Waals surface area contributed by atoms with Gasteiger partial charge in [-0.25, -0.2) is 4.99 Å². The lowest BCUT2D eigenvalue weighted by atomic mass is 10.1. The zero-order chi connectivity index (χ0) is 28.9. The Morgan fingerprint density at radius 2 is 1.75 bits per heavy atom. The Hall–Kier alpha value is -4.07. The molecule has 1 amide bonds. The Morgan fingerprint density at radius 3 is 2.42 bits per heavy atom. The second-order valence-corrected chi connectivity index (χ2v) is 9.70. The Balaban J connectivity index is 0.00000216. The van der Waals surface area contributed by atoms with E-state index >= 15 is 0 Å². The SMILES string of the molecule is C=C(/N=C\C=C(/C)c1cccnc1)Nc1cc(NC(=O)c2ccc(CN3CCN(C)CC3)cc2)ccc1C.CC. The molecule has 0 atom stereocenters. The number of anilines is 2. The summed E-state index contributed by atoms with van der Waals surface area (Å²) < 4.78 is 0. The van der Waals surface area contributed by atoms with E-state index in [1.807, 2.05) is 94.6 Å². The third kappa shape index (κ3) is 9.29. The first-order valence-electron chi connectivity index (χ1n) is 13.9. The Bertz CT molecular complexity index is 1310. The summed E-state index contributed by atoms with van der Waals surface area (Å²) in [5, 5.41) is 6.24. The van der Waals surface area contributed by atoms with Crippen molar-refractivity contribution in [3.8, 4) is 0 Å². The summed E-state index contributed by atoms with van der Waals surface area (Å²) in [6.07, 6.45) is 7.20. The topological polar surface area (TPSA) is 72.9 Å². The van der Waals surface area contributed by atoms with Crippen molar-refractivity contribution in [3.05, 3.63) is 108 Å². The van der Waals surface area contributed by atoms with Crippen molar-refractivity contribution in [3.63, 3.8) is 0 Å². The van der Waals surface area contributed by atoms with Crippen LogP contribution in [0.2, 0.25) is 0 Å². The van der Waals surface area contributed by atoms with Gasteiger partial charge in [-0.3, -0.25) is 14.7 Å². The molecule has 0 radical (unpaired) electrons. The third-order valence-electron chi connectivity index (χ3n) is 6.66. The molecule has 40 heavy (non-hydrogen) atoms. The molecular formula is C33H42N6O. The average molecular weight is 539 g/mol. The van der Waals surface area contributed by atoms with Gasteiger partial charge in [0.05, 0.1) is 0 Å². The number of pyridine rings is 1. The summed E-state index contributed by atoms with van der Waals surface area (Å²) in [5.74, 6) is 0.363. The molecule has 2 aromatic carbocycles. The fraction of sp³-hybridized carbons (Fsp3) is 0.303. The highest BCUT2D eigenvalue weighted by Crippen LogP contribution is 2.22. The van der Waals surface area contributed by atoms with Gasteiger partial charge in [0.15, 0.2) is 0 Å². The monoisotopic (exact) mass is 538 g/mol. The molecule has 1 saturated heterocycles. The van der Waals surface area contributed by atoms with Gasteiger partial charge in [0.25, 0.3) is 5.91 Å². The second-order valence-electron chi connectivity index (χ2n) is 9.70. The number of piperazine rings is 1. The molecule has 3 aromatic rings. The molecule has 1 aromatic heterocycles. The van der Waals surface area contributed by atoms with Crippen LogP contribution in [0.25, 0.3) is 5.57 Å². The Kier molecular flexibility index (Phi) is 11.8. The number of likely N-dealkylation sites (N-methyl/N-ethyl adjacent to an activating group) is 1. The lowest BCUT2D eigenvalue weighted by molar-refractivity contribution is 0.102. The summed E-state index contributed by atoms with van der Waals surface area (Å²) in [7, 11) is 2.16. The van der Waals surface area contributed by atoms with E-state index in [4.69, 9.17) is 0 Å². The van der Waals surface area contributed by atoms with E-state index in [1.165, 1.54) is 5.56 Å². The number of hydrogen-bond donors (Lipinski definition) is 2. The molecule has 0 saturated carbocycles. The van der Waals surface area contributed by atoms with Crippen LogP contribution in [0.3, 0.4) is 0 Å². The van der Waals surface area contributed by atoms with Crippen LogP contribution in [0, 0.1) is 6.92 Å². The average Bonchev–Trinajstić information content (AvgIpc) is 2.98. The van der Waals surface area contributed by atoms with E-state index in [0.717, 1.165) is 55.1 Å². The molecule has 0 spiro atoms. The molecule has 1 aliphatic heterocycles. The number of benzene rings is 2. The van der Waals surface area contributed by atoms with Gasteiger partial charge < -0.3 is 15.5 Å². The first-order valence-corrected chi connectivity index (χ1v) is 13.9. The van der Waals surface area contributed by atoms with Crippen molar-refractivity contribution >= 4 is 29.1 Å². The normalized spacial score (nSPS) is 14.4. The van der Waals surface area contributed by atoms with Crippen LogP contribution in [0.4, 0.5) is 11.4 Å². The van der Waals surface area contributed by atoms with Crippen LogP contribution in [-0.4, -0.2) is 60.1 Å². The highest BCUT2D eigenvalue weighted by atomic mass is 16.1. The summed E-state index contributed by atoms with van der Waals surface area (Å²) in [6.45, 7) is 17.3. The first-order chi connectivity index (χ1) is 19.4. The maximum Gasteiger partial charge on any atom is 0.255 e. The number of hydrogen-bond acceptors (Lipinski definition) is 6. The zero-order valence-electron chi connectivity index (χ0n) is 24.4. The van der Waals surface area contributed by atoms with E-state index in [2.05, 4.69) is 44.0 Å². The maximum absolute atomic E-state index is 12.9. The predicted molar refractivity (Wildman–Crippen MR) is 169 cm³/mol. The standard InChI is InChI=1S/C31H36N6O.C2H6/c1-23(28-6-5-14-32-21-28)13-15-33-25(3)34-30-20-29(12-7-24(30)2)35-31(38)27-10-8-26(9-11-27)22-37-18-16-36(4)17-19-37;1-2/h5-15,20-21,34H,3,16-19,22H2,1-2,4H3,(H,35,38);1-2H3/b23-13+,33-15-;. The fourth-order valence-corrected chi connectivity index (χ4v) is 4.18. The molecule has 1 fully saturated rings. The van der Waals surface area contributed by atoms with Crippen molar-refractivity contribution in [2.75, 3.05) is 43.9 Å². The lowest BCUT2D eigenvalue weighted by Crippen LogP contribution is -2.43. The molecule has 7 heteroatoms. The number of aliphatic imine (C=N–C) groups is 1. The third-order valence-corrected chi connectivity index (χ3v) is 6.66. The van der Waals surface area contributed by atoms with E-state index in [-0.39, 0.29) is 5.91 Å². The van der Waals surface area contributed by atoms with Crippen LogP contribution < -0.4 is 10.6 Å². The smallest absolute Gasteiger partial charge is 0.255 e. The summed E-state index contributed by atoms with van der Waals surface area (Å²) in [5.41, 5.74) is 6.51. The second kappa shape index (κ2) is 15.5. The van der Waals surface area contributed by atoms with Crippen molar-refractivity contribution in [2.45, 2.75) is 34.2 Å². The van der Waals surface area contributed by atoms with Crippen molar-refractivity contribution in [2.24, 2.45) is 4.99 Å². The number of rotatable bonds is 9.